The molecule has 0 spiro atoms. The Bertz CT molecular complexity index is 377. The SMILES string of the molecule is CC(C)c1ccccc1N1CCOCC1CCN. The molecule has 1 atom stereocenters. The van der Waals surface area contributed by atoms with Crippen LogP contribution >= 0.6 is 0 Å². The summed E-state index contributed by atoms with van der Waals surface area (Å²) in [4.78, 5) is 2.48. The van der Waals surface area contributed by atoms with E-state index in [0.29, 0.717) is 18.5 Å². The van der Waals surface area contributed by atoms with Gasteiger partial charge in [0.1, 0.15) is 0 Å². The highest BCUT2D eigenvalue weighted by Gasteiger charge is 2.24. The van der Waals surface area contributed by atoms with E-state index in [0.717, 1.165) is 26.2 Å². The highest BCUT2D eigenvalue weighted by atomic mass is 16.5. The van der Waals surface area contributed by atoms with Gasteiger partial charge in [0.2, 0.25) is 0 Å². The number of benzene rings is 1. The van der Waals surface area contributed by atoms with Gasteiger partial charge in [-0.25, -0.2) is 0 Å². The molecule has 1 heterocycles. The smallest absolute Gasteiger partial charge is 0.0671 e. The summed E-state index contributed by atoms with van der Waals surface area (Å²) in [5.41, 5.74) is 8.49. The molecule has 1 aromatic rings. The maximum absolute atomic E-state index is 5.72. The van der Waals surface area contributed by atoms with Gasteiger partial charge in [-0.1, -0.05) is 32.0 Å². The lowest BCUT2D eigenvalue weighted by Gasteiger charge is -2.39. The van der Waals surface area contributed by atoms with Crippen LogP contribution in [0.4, 0.5) is 5.69 Å². The third-order valence-corrected chi connectivity index (χ3v) is 3.60. The van der Waals surface area contributed by atoms with Gasteiger partial charge in [0.25, 0.3) is 0 Å². The van der Waals surface area contributed by atoms with Gasteiger partial charge >= 0.3 is 0 Å². The molecule has 0 radical (unpaired) electrons. The number of rotatable bonds is 4. The quantitative estimate of drug-likeness (QED) is 0.889. The lowest BCUT2D eigenvalue weighted by atomic mass is 9.99. The second kappa shape index (κ2) is 6.21. The van der Waals surface area contributed by atoms with Crippen molar-refractivity contribution in [2.24, 2.45) is 5.73 Å². The van der Waals surface area contributed by atoms with Crippen LogP contribution in [-0.2, 0) is 4.74 Å². The van der Waals surface area contributed by atoms with E-state index in [2.05, 4.69) is 43.0 Å². The maximum atomic E-state index is 5.72. The van der Waals surface area contributed by atoms with Crippen LogP contribution in [0.25, 0.3) is 0 Å². The second-order valence-electron chi connectivity index (χ2n) is 5.21. The zero-order valence-corrected chi connectivity index (χ0v) is 11.4. The summed E-state index contributed by atoms with van der Waals surface area (Å²) in [5, 5.41) is 0. The van der Waals surface area contributed by atoms with E-state index in [9.17, 15) is 0 Å². The molecule has 100 valence electrons. The van der Waals surface area contributed by atoms with E-state index in [4.69, 9.17) is 10.5 Å². The molecule has 1 aliphatic heterocycles. The van der Waals surface area contributed by atoms with Crippen molar-refractivity contribution in [2.75, 3.05) is 31.2 Å². The monoisotopic (exact) mass is 248 g/mol. The van der Waals surface area contributed by atoms with Crippen LogP contribution in [0.15, 0.2) is 24.3 Å². The van der Waals surface area contributed by atoms with Crippen molar-refractivity contribution in [3.63, 3.8) is 0 Å². The molecular weight excluding hydrogens is 224 g/mol. The first kappa shape index (κ1) is 13.4. The predicted molar refractivity (Wildman–Crippen MR) is 76.2 cm³/mol. The summed E-state index contributed by atoms with van der Waals surface area (Å²) >= 11 is 0. The van der Waals surface area contributed by atoms with Crippen molar-refractivity contribution < 1.29 is 4.74 Å². The van der Waals surface area contributed by atoms with Crippen molar-refractivity contribution in [3.8, 4) is 0 Å². The zero-order chi connectivity index (χ0) is 13.0. The molecule has 2 N–H and O–H groups in total. The van der Waals surface area contributed by atoms with Crippen molar-refractivity contribution in [1.29, 1.82) is 0 Å². The van der Waals surface area contributed by atoms with Crippen molar-refractivity contribution in [2.45, 2.75) is 32.2 Å². The number of ether oxygens (including phenoxy) is 1. The molecule has 0 aliphatic carbocycles. The lowest BCUT2D eigenvalue weighted by Crippen LogP contribution is -2.47. The molecule has 1 fully saturated rings. The molecule has 1 aromatic carbocycles. The van der Waals surface area contributed by atoms with Crippen LogP contribution in [0.3, 0.4) is 0 Å². The van der Waals surface area contributed by atoms with Crippen LogP contribution in [0.2, 0.25) is 0 Å². The standard InChI is InChI=1S/C15H24N2O/c1-12(2)14-5-3-4-6-15(14)17-9-10-18-11-13(17)7-8-16/h3-6,12-13H,7-11,16H2,1-2H3. The average Bonchev–Trinajstić information content (AvgIpc) is 2.40. The van der Waals surface area contributed by atoms with Gasteiger partial charge in [-0.05, 0) is 30.5 Å². The third kappa shape index (κ3) is 2.85. The summed E-state index contributed by atoms with van der Waals surface area (Å²) < 4.78 is 5.59. The van der Waals surface area contributed by atoms with E-state index in [1.807, 2.05) is 0 Å². The van der Waals surface area contributed by atoms with Crippen LogP contribution in [-0.4, -0.2) is 32.3 Å². The van der Waals surface area contributed by atoms with Gasteiger partial charge in [0.05, 0.1) is 19.3 Å². The molecule has 1 unspecified atom stereocenters. The fourth-order valence-electron chi connectivity index (χ4n) is 2.64. The van der Waals surface area contributed by atoms with E-state index in [-0.39, 0.29) is 0 Å². The molecule has 3 nitrogen and oxygen atoms in total. The Kier molecular flexibility index (Phi) is 4.61. The second-order valence-corrected chi connectivity index (χ2v) is 5.21. The molecular formula is C15H24N2O. The van der Waals surface area contributed by atoms with Gasteiger partial charge in [0, 0.05) is 12.2 Å². The Morgan fingerprint density at radius 3 is 2.89 bits per heavy atom. The van der Waals surface area contributed by atoms with Crippen LogP contribution < -0.4 is 10.6 Å². The minimum Gasteiger partial charge on any atom is -0.377 e. The number of hydrogen-bond acceptors (Lipinski definition) is 3. The van der Waals surface area contributed by atoms with E-state index in [1.165, 1.54) is 11.3 Å². The Labute approximate surface area is 110 Å². The van der Waals surface area contributed by atoms with Gasteiger partial charge in [-0.3, -0.25) is 0 Å². The Balaban J connectivity index is 2.27. The van der Waals surface area contributed by atoms with Crippen molar-refractivity contribution >= 4 is 5.69 Å². The summed E-state index contributed by atoms with van der Waals surface area (Å²) in [6.45, 7) is 7.79. The molecule has 0 amide bonds. The molecule has 18 heavy (non-hydrogen) atoms. The van der Waals surface area contributed by atoms with Crippen molar-refractivity contribution in [1.82, 2.24) is 0 Å². The van der Waals surface area contributed by atoms with Crippen LogP contribution in [0.5, 0.6) is 0 Å². The molecule has 0 bridgehead atoms. The molecule has 1 aliphatic rings. The number of para-hydroxylation sites is 1. The molecule has 0 aromatic heterocycles. The Morgan fingerprint density at radius 2 is 2.17 bits per heavy atom. The number of morpholine rings is 1. The first-order valence-corrected chi connectivity index (χ1v) is 6.87. The van der Waals surface area contributed by atoms with Gasteiger partial charge in [0.15, 0.2) is 0 Å². The van der Waals surface area contributed by atoms with E-state index >= 15 is 0 Å². The molecule has 3 heteroatoms. The topological polar surface area (TPSA) is 38.5 Å². The van der Waals surface area contributed by atoms with E-state index in [1.54, 1.807) is 0 Å². The summed E-state index contributed by atoms with van der Waals surface area (Å²) in [6, 6.07) is 9.12. The van der Waals surface area contributed by atoms with E-state index < -0.39 is 0 Å². The highest BCUT2D eigenvalue weighted by Crippen LogP contribution is 2.30. The summed E-state index contributed by atoms with van der Waals surface area (Å²) in [5.74, 6) is 0.544. The summed E-state index contributed by atoms with van der Waals surface area (Å²) in [7, 11) is 0. The van der Waals surface area contributed by atoms with Crippen LogP contribution in [0.1, 0.15) is 31.7 Å². The molecule has 2 rings (SSSR count). The fourth-order valence-corrected chi connectivity index (χ4v) is 2.64. The number of nitrogens with zero attached hydrogens (tertiary/aromatic N) is 1. The first-order chi connectivity index (χ1) is 8.74. The third-order valence-electron chi connectivity index (χ3n) is 3.60. The average molecular weight is 248 g/mol. The fraction of sp³-hybridized carbons (Fsp3) is 0.600. The van der Waals surface area contributed by atoms with Gasteiger partial charge in [-0.2, -0.15) is 0 Å². The zero-order valence-electron chi connectivity index (χ0n) is 11.4. The lowest BCUT2D eigenvalue weighted by molar-refractivity contribution is 0.0921. The van der Waals surface area contributed by atoms with Gasteiger partial charge < -0.3 is 15.4 Å². The predicted octanol–water partition coefficient (Wildman–Crippen LogP) is 2.36. The number of hydrogen-bond donors (Lipinski definition) is 1. The maximum Gasteiger partial charge on any atom is 0.0671 e. The number of nitrogens with two attached hydrogens (primary N) is 1. The summed E-state index contributed by atoms with van der Waals surface area (Å²) in [6.07, 6.45) is 0.992. The van der Waals surface area contributed by atoms with Crippen LogP contribution in [0, 0.1) is 0 Å². The minimum absolute atomic E-state index is 0.420. The largest absolute Gasteiger partial charge is 0.377 e. The molecule has 1 saturated heterocycles. The number of anilines is 1. The minimum atomic E-state index is 0.420. The van der Waals surface area contributed by atoms with Crippen molar-refractivity contribution in [3.05, 3.63) is 29.8 Å². The first-order valence-electron chi connectivity index (χ1n) is 6.87. The Hall–Kier alpha value is -1.06. The highest BCUT2D eigenvalue weighted by molar-refractivity contribution is 5.56. The van der Waals surface area contributed by atoms with Gasteiger partial charge in [-0.15, -0.1) is 0 Å². The normalized spacial score (nSPS) is 20.4. The molecule has 0 saturated carbocycles. The Morgan fingerprint density at radius 1 is 1.39 bits per heavy atom.